The molecule has 2 N–H and O–H groups in total. The maximum absolute atomic E-state index is 12.6. The minimum absolute atomic E-state index is 0.0752. The maximum Gasteiger partial charge on any atom is 0.290 e. The highest BCUT2D eigenvalue weighted by Crippen LogP contribution is 2.35. The number of hydrogen-bond donors (Lipinski definition) is 2. The molecule has 2 heterocycles. The highest BCUT2D eigenvalue weighted by molar-refractivity contribution is 5.79. The Kier molecular flexibility index (Phi) is 7.62. The molecule has 1 atom stereocenters. The zero-order valence-electron chi connectivity index (χ0n) is 17.0. The molecule has 0 aromatic carbocycles. The van der Waals surface area contributed by atoms with Crippen molar-refractivity contribution in [2.45, 2.75) is 64.5 Å². The summed E-state index contributed by atoms with van der Waals surface area (Å²) in [5, 5.41) is 10.6. The van der Waals surface area contributed by atoms with E-state index < -0.39 is 0 Å². The SMILES string of the molecule is CN1CC(CN(C)C(=O)CC2CC(C)(C)NC(C)(C)C2)CC1=O.O=CO. The monoisotopic (exact) mass is 369 g/mol. The van der Waals surface area contributed by atoms with Crippen LogP contribution in [0.5, 0.6) is 0 Å². The standard InChI is InChI=1S/C18H33N3O2.CH2O2/c1-17(2)9-13(10-18(3,4)19-17)7-15(22)20(5)11-14-8-16(23)21(6)12-14;2-1-3/h13-14,19H,7-12H2,1-6H3;1H,(H,2,3). The van der Waals surface area contributed by atoms with Crippen molar-refractivity contribution >= 4 is 18.3 Å². The van der Waals surface area contributed by atoms with Gasteiger partial charge in [0.1, 0.15) is 0 Å². The van der Waals surface area contributed by atoms with E-state index in [1.165, 1.54) is 0 Å². The van der Waals surface area contributed by atoms with Crippen molar-refractivity contribution in [1.82, 2.24) is 15.1 Å². The Labute approximate surface area is 157 Å². The Morgan fingerprint density at radius 3 is 2.19 bits per heavy atom. The lowest BCUT2D eigenvalue weighted by atomic mass is 9.74. The van der Waals surface area contributed by atoms with E-state index in [1.807, 2.05) is 19.0 Å². The van der Waals surface area contributed by atoms with Crippen LogP contribution >= 0.6 is 0 Å². The van der Waals surface area contributed by atoms with Crippen LogP contribution in [-0.2, 0) is 14.4 Å². The Balaban J connectivity index is 0.00000105. The van der Waals surface area contributed by atoms with Crippen LogP contribution in [0.3, 0.4) is 0 Å². The number of hydrogen-bond acceptors (Lipinski definition) is 4. The second-order valence-electron chi connectivity index (χ2n) is 9.10. The van der Waals surface area contributed by atoms with Crippen LogP contribution in [0.2, 0.25) is 0 Å². The average molecular weight is 370 g/mol. The van der Waals surface area contributed by atoms with Gasteiger partial charge in [0.2, 0.25) is 11.8 Å². The van der Waals surface area contributed by atoms with Gasteiger partial charge in [-0.05, 0) is 46.5 Å². The summed E-state index contributed by atoms with van der Waals surface area (Å²) in [4.78, 5) is 36.2. The third-order valence-electron chi connectivity index (χ3n) is 5.12. The van der Waals surface area contributed by atoms with Crippen molar-refractivity contribution in [1.29, 1.82) is 0 Å². The van der Waals surface area contributed by atoms with Crippen LogP contribution in [0, 0.1) is 11.8 Å². The summed E-state index contributed by atoms with van der Waals surface area (Å²) >= 11 is 0. The first-order chi connectivity index (χ1) is 11.9. The van der Waals surface area contributed by atoms with Gasteiger partial charge in [0.05, 0.1) is 0 Å². The molecule has 2 amide bonds. The van der Waals surface area contributed by atoms with Crippen LogP contribution < -0.4 is 5.32 Å². The van der Waals surface area contributed by atoms with Crippen molar-refractivity contribution in [2.75, 3.05) is 27.2 Å². The van der Waals surface area contributed by atoms with Crippen LogP contribution in [0.4, 0.5) is 0 Å². The first kappa shape index (κ1) is 22.4. The van der Waals surface area contributed by atoms with Gasteiger partial charge < -0.3 is 20.2 Å². The van der Waals surface area contributed by atoms with E-state index in [0.29, 0.717) is 25.3 Å². The number of piperidine rings is 1. The number of likely N-dealkylation sites (tertiary alicyclic amines) is 1. The zero-order valence-corrected chi connectivity index (χ0v) is 17.0. The molecular weight excluding hydrogens is 334 g/mol. The van der Waals surface area contributed by atoms with Crippen molar-refractivity contribution < 1.29 is 19.5 Å². The Bertz CT molecular complexity index is 503. The summed E-state index contributed by atoms with van der Waals surface area (Å²) < 4.78 is 0. The topological polar surface area (TPSA) is 90.0 Å². The summed E-state index contributed by atoms with van der Waals surface area (Å²) in [6, 6.07) is 0. The Morgan fingerprint density at radius 2 is 1.77 bits per heavy atom. The summed E-state index contributed by atoms with van der Waals surface area (Å²) in [6.45, 7) is 10.1. The highest BCUT2D eigenvalue weighted by Gasteiger charge is 2.38. The summed E-state index contributed by atoms with van der Waals surface area (Å²) in [7, 11) is 3.71. The molecule has 7 nitrogen and oxygen atoms in total. The van der Waals surface area contributed by atoms with E-state index >= 15 is 0 Å². The predicted octanol–water partition coefficient (Wildman–Crippen LogP) is 1.57. The molecule has 2 saturated heterocycles. The van der Waals surface area contributed by atoms with E-state index in [-0.39, 0.29) is 35.3 Å². The van der Waals surface area contributed by atoms with E-state index in [4.69, 9.17) is 9.90 Å². The number of amides is 2. The fourth-order valence-corrected chi connectivity index (χ4v) is 4.65. The molecule has 0 bridgehead atoms. The molecular formula is C19H35N3O4. The summed E-state index contributed by atoms with van der Waals surface area (Å²) in [5.41, 5.74) is 0.150. The van der Waals surface area contributed by atoms with Crippen molar-refractivity contribution in [3.05, 3.63) is 0 Å². The van der Waals surface area contributed by atoms with E-state index in [2.05, 4.69) is 33.0 Å². The fraction of sp³-hybridized carbons (Fsp3) is 0.842. The number of carboxylic acid groups (broad SMARTS) is 1. The smallest absolute Gasteiger partial charge is 0.290 e. The van der Waals surface area contributed by atoms with Crippen LogP contribution in [0.15, 0.2) is 0 Å². The number of carbonyl (C=O) groups is 3. The number of carbonyl (C=O) groups excluding carboxylic acids is 2. The minimum atomic E-state index is -0.250. The van der Waals surface area contributed by atoms with Gasteiger partial charge >= 0.3 is 0 Å². The number of rotatable bonds is 4. The molecule has 2 aliphatic rings. The molecule has 2 rings (SSSR count). The van der Waals surface area contributed by atoms with E-state index in [0.717, 1.165) is 19.4 Å². The van der Waals surface area contributed by atoms with Gasteiger partial charge in [-0.1, -0.05) is 0 Å². The summed E-state index contributed by atoms with van der Waals surface area (Å²) in [5.74, 6) is 1.11. The van der Waals surface area contributed by atoms with Crippen molar-refractivity contribution in [3.8, 4) is 0 Å². The van der Waals surface area contributed by atoms with Gasteiger partial charge in [-0.2, -0.15) is 0 Å². The molecule has 0 saturated carbocycles. The molecule has 26 heavy (non-hydrogen) atoms. The number of nitrogens with one attached hydrogen (secondary N) is 1. The van der Waals surface area contributed by atoms with Crippen LogP contribution in [0.1, 0.15) is 53.4 Å². The molecule has 150 valence electrons. The average Bonchev–Trinajstić information content (AvgIpc) is 2.74. The van der Waals surface area contributed by atoms with Crippen molar-refractivity contribution in [3.63, 3.8) is 0 Å². The lowest BCUT2D eigenvalue weighted by molar-refractivity contribution is -0.132. The minimum Gasteiger partial charge on any atom is -0.483 e. The zero-order chi connectivity index (χ0) is 20.1. The summed E-state index contributed by atoms with van der Waals surface area (Å²) in [6.07, 6.45) is 3.24. The highest BCUT2D eigenvalue weighted by atomic mass is 16.3. The molecule has 1 unspecified atom stereocenters. The van der Waals surface area contributed by atoms with Gasteiger partial charge in [0.15, 0.2) is 0 Å². The first-order valence-electron chi connectivity index (χ1n) is 9.24. The quantitative estimate of drug-likeness (QED) is 0.734. The molecule has 0 radical (unpaired) electrons. The molecule has 2 fully saturated rings. The van der Waals surface area contributed by atoms with Gasteiger partial charge in [-0.25, -0.2) is 0 Å². The Morgan fingerprint density at radius 1 is 1.27 bits per heavy atom. The molecule has 0 aromatic rings. The first-order valence-corrected chi connectivity index (χ1v) is 9.24. The molecule has 2 aliphatic heterocycles. The fourth-order valence-electron chi connectivity index (χ4n) is 4.65. The van der Waals surface area contributed by atoms with Gasteiger partial charge in [0, 0.05) is 57.0 Å². The van der Waals surface area contributed by atoms with Gasteiger partial charge in [-0.15, -0.1) is 0 Å². The lowest BCUT2D eigenvalue weighted by Crippen LogP contribution is -2.58. The second-order valence-corrected chi connectivity index (χ2v) is 9.10. The van der Waals surface area contributed by atoms with Gasteiger partial charge in [0.25, 0.3) is 6.47 Å². The van der Waals surface area contributed by atoms with E-state index in [9.17, 15) is 9.59 Å². The van der Waals surface area contributed by atoms with Crippen LogP contribution in [-0.4, -0.2) is 71.5 Å². The molecule has 0 spiro atoms. The second kappa shape index (κ2) is 8.84. The third-order valence-corrected chi connectivity index (χ3v) is 5.12. The Hall–Kier alpha value is -1.63. The van der Waals surface area contributed by atoms with E-state index in [1.54, 1.807) is 4.90 Å². The number of nitrogens with zero attached hydrogens (tertiary/aromatic N) is 2. The molecule has 0 aromatic heterocycles. The van der Waals surface area contributed by atoms with Crippen molar-refractivity contribution in [2.24, 2.45) is 11.8 Å². The van der Waals surface area contributed by atoms with Gasteiger partial charge in [-0.3, -0.25) is 14.4 Å². The maximum atomic E-state index is 12.6. The predicted molar refractivity (Wildman–Crippen MR) is 101 cm³/mol. The van der Waals surface area contributed by atoms with Crippen LogP contribution in [0.25, 0.3) is 0 Å². The lowest BCUT2D eigenvalue weighted by Gasteiger charge is -2.46. The normalized spacial score (nSPS) is 24.6. The largest absolute Gasteiger partial charge is 0.483 e. The molecule has 7 heteroatoms. The molecule has 0 aliphatic carbocycles. The third kappa shape index (κ3) is 6.94.